The van der Waals surface area contributed by atoms with Gasteiger partial charge in [0.1, 0.15) is 0 Å². The lowest BCUT2D eigenvalue weighted by Gasteiger charge is -2.29. The van der Waals surface area contributed by atoms with Gasteiger partial charge in [0.25, 0.3) is 0 Å². The van der Waals surface area contributed by atoms with Crippen LogP contribution in [0.3, 0.4) is 0 Å². The molecule has 0 radical (unpaired) electrons. The van der Waals surface area contributed by atoms with Gasteiger partial charge in [0.05, 0.1) is 7.11 Å². The number of ether oxygens (including phenoxy) is 1. The zero-order chi connectivity index (χ0) is 15.0. The number of hydrogen-bond donors (Lipinski definition) is 0. The van der Waals surface area contributed by atoms with E-state index in [1.54, 1.807) is 4.68 Å². The number of methoxy groups -OCH3 is 1. The summed E-state index contributed by atoms with van der Waals surface area (Å²) in [6.07, 6.45) is 0.879. The largest absolute Gasteiger partial charge is 0.464 e. The molecule has 0 aliphatic carbocycles. The highest BCUT2D eigenvalue weighted by Crippen LogP contribution is 2.27. The number of carbonyl (C=O) groups is 1. The van der Waals surface area contributed by atoms with Gasteiger partial charge >= 0.3 is 5.97 Å². The second-order valence-corrected chi connectivity index (χ2v) is 5.40. The number of esters is 1. The molecule has 1 aliphatic heterocycles. The lowest BCUT2D eigenvalue weighted by atomic mass is 10.0. The van der Waals surface area contributed by atoms with Crippen molar-refractivity contribution < 1.29 is 9.53 Å². The zero-order valence-electron chi connectivity index (χ0n) is 12.6. The molecule has 2 aromatic rings. The van der Waals surface area contributed by atoms with Crippen LogP contribution in [0.1, 0.15) is 27.3 Å². The van der Waals surface area contributed by atoms with E-state index in [9.17, 15) is 4.79 Å². The summed E-state index contributed by atoms with van der Waals surface area (Å²) in [6, 6.07) is 8.45. The number of rotatable bonds is 2. The van der Waals surface area contributed by atoms with E-state index < -0.39 is 0 Å². The second kappa shape index (κ2) is 5.24. The monoisotopic (exact) mass is 285 g/mol. The molecule has 5 heteroatoms. The first kappa shape index (κ1) is 13.7. The van der Waals surface area contributed by atoms with Crippen molar-refractivity contribution in [1.82, 2.24) is 9.78 Å². The maximum Gasteiger partial charge on any atom is 0.358 e. The Balaban J connectivity index is 1.94. The van der Waals surface area contributed by atoms with Gasteiger partial charge < -0.3 is 9.64 Å². The lowest BCUT2D eigenvalue weighted by molar-refractivity contribution is 0.0592. The minimum Gasteiger partial charge on any atom is -0.464 e. The van der Waals surface area contributed by atoms with Crippen LogP contribution in [-0.2, 0) is 24.8 Å². The van der Waals surface area contributed by atoms with Crippen LogP contribution in [0.4, 0.5) is 5.69 Å². The first-order valence-electron chi connectivity index (χ1n) is 7.05. The summed E-state index contributed by atoms with van der Waals surface area (Å²) in [4.78, 5) is 14.1. The Labute approximate surface area is 124 Å². The van der Waals surface area contributed by atoms with Gasteiger partial charge in [-0.05, 0) is 19.1 Å². The molecule has 0 amide bonds. The van der Waals surface area contributed by atoms with Gasteiger partial charge in [-0.2, -0.15) is 5.10 Å². The molecule has 110 valence electrons. The molecule has 0 spiro atoms. The summed E-state index contributed by atoms with van der Waals surface area (Å²) < 4.78 is 6.64. The Morgan fingerprint density at radius 3 is 2.67 bits per heavy atom. The zero-order valence-corrected chi connectivity index (χ0v) is 12.6. The van der Waals surface area contributed by atoms with Crippen LogP contribution < -0.4 is 4.90 Å². The van der Waals surface area contributed by atoms with Crippen LogP contribution in [0.15, 0.2) is 24.3 Å². The smallest absolute Gasteiger partial charge is 0.358 e. The molecule has 2 heterocycles. The van der Waals surface area contributed by atoms with Gasteiger partial charge in [-0.1, -0.05) is 17.7 Å². The third kappa shape index (κ3) is 2.39. The topological polar surface area (TPSA) is 47.4 Å². The highest BCUT2D eigenvalue weighted by Gasteiger charge is 2.27. The lowest BCUT2D eigenvalue weighted by Crippen LogP contribution is -2.31. The molecule has 0 fully saturated rings. The van der Waals surface area contributed by atoms with E-state index in [0.717, 1.165) is 24.2 Å². The molecule has 0 saturated heterocycles. The highest BCUT2D eigenvalue weighted by molar-refractivity contribution is 5.89. The van der Waals surface area contributed by atoms with Gasteiger partial charge in [-0.15, -0.1) is 0 Å². The molecule has 0 atom stereocenters. The molecule has 5 nitrogen and oxygen atoms in total. The fourth-order valence-electron chi connectivity index (χ4n) is 2.83. The molecule has 1 aromatic carbocycles. The van der Waals surface area contributed by atoms with Gasteiger partial charge in [-0.25, -0.2) is 4.79 Å². The van der Waals surface area contributed by atoms with Crippen LogP contribution in [0, 0.1) is 6.92 Å². The van der Waals surface area contributed by atoms with E-state index in [4.69, 9.17) is 4.74 Å². The minimum atomic E-state index is -0.363. The van der Waals surface area contributed by atoms with Crippen LogP contribution in [0.25, 0.3) is 0 Å². The highest BCUT2D eigenvalue weighted by atomic mass is 16.5. The third-order valence-electron chi connectivity index (χ3n) is 4.02. The first-order valence-corrected chi connectivity index (χ1v) is 7.05. The van der Waals surface area contributed by atoms with Crippen molar-refractivity contribution in [1.29, 1.82) is 0 Å². The van der Waals surface area contributed by atoms with Crippen molar-refractivity contribution in [3.05, 3.63) is 46.8 Å². The molecule has 1 aliphatic rings. The van der Waals surface area contributed by atoms with E-state index in [0.29, 0.717) is 12.2 Å². The number of benzene rings is 1. The molecule has 0 bridgehead atoms. The number of anilines is 1. The standard InChI is InChI=1S/C16H19N3O2/c1-11-4-6-12(7-5-11)19-9-8-14-13(10-19)15(16(20)21-3)17-18(14)2/h4-7H,8-10H2,1-3H3. The first-order chi connectivity index (χ1) is 10.1. The number of hydrogen-bond acceptors (Lipinski definition) is 4. The summed E-state index contributed by atoms with van der Waals surface area (Å²) >= 11 is 0. The number of aromatic nitrogens is 2. The van der Waals surface area contributed by atoms with Crippen molar-refractivity contribution >= 4 is 11.7 Å². The van der Waals surface area contributed by atoms with Crippen LogP contribution >= 0.6 is 0 Å². The molecule has 0 saturated carbocycles. The van der Waals surface area contributed by atoms with Gasteiger partial charge in [0.2, 0.25) is 0 Å². The Morgan fingerprint density at radius 1 is 1.29 bits per heavy atom. The van der Waals surface area contributed by atoms with E-state index in [-0.39, 0.29) is 5.97 Å². The van der Waals surface area contributed by atoms with Crippen LogP contribution in [-0.4, -0.2) is 29.4 Å². The van der Waals surface area contributed by atoms with Crippen molar-refractivity contribution in [2.24, 2.45) is 7.05 Å². The van der Waals surface area contributed by atoms with Crippen molar-refractivity contribution in [2.45, 2.75) is 19.9 Å². The second-order valence-electron chi connectivity index (χ2n) is 5.40. The quantitative estimate of drug-likeness (QED) is 0.793. The summed E-state index contributed by atoms with van der Waals surface area (Å²) in [7, 11) is 3.27. The van der Waals surface area contributed by atoms with Crippen molar-refractivity contribution in [3.8, 4) is 0 Å². The normalized spacial score (nSPS) is 14.0. The van der Waals surface area contributed by atoms with Gasteiger partial charge in [0.15, 0.2) is 5.69 Å². The predicted molar refractivity (Wildman–Crippen MR) is 80.5 cm³/mol. The van der Waals surface area contributed by atoms with Gasteiger partial charge in [0, 0.05) is 43.5 Å². The predicted octanol–water partition coefficient (Wildman–Crippen LogP) is 2.08. The third-order valence-corrected chi connectivity index (χ3v) is 4.02. The molecule has 1 aromatic heterocycles. The Bertz CT molecular complexity index is 674. The SMILES string of the molecule is COC(=O)c1nn(C)c2c1CN(c1ccc(C)cc1)CC2. The maximum atomic E-state index is 11.9. The number of nitrogens with zero attached hydrogens (tertiary/aromatic N) is 3. The molecular weight excluding hydrogens is 266 g/mol. The van der Waals surface area contributed by atoms with Crippen molar-refractivity contribution in [2.75, 3.05) is 18.6 Å². The summed E-state index contributed by atoms with van der Waals surface area (Å²) in [5.74, 6) is -0.363. The maximum absolute atomic E-state index is 11.9. The Kier molecular flexibility index (Phi) is 3.41. The van der Waals surface area contributed by atoms with Crippen molar-refractivity contribution in [3.63, 3.8) is 0 Å². The van der Waals surface area contributed by atoms with Crippen LogP contribution in [0.5, 0.6) is 0 Å². The average Bonchev–Trinajstić information content (AvgIpc) is 2.84. The van der Waals surface area contributed by atoms with E-state index in [1.165, 1.54) is 18.4 Å². The summed E-state index contributed by atoms with van der Waals surface area (Å²) in [6.45, 7) is 3.70. The number of aryl methyl sites for hydroxylation is 2. The Morgan fingerprint density at radius 2 is 2.00 bits per heavy atom. The summed E-state index contributed by atoms with van der Waals surface area (Å²) in [5.41, 5.74) is 4.96. The molecular formula is C16H19N3O2. The van der Waals surface area contributed by atoms with Gasteiger partial charge in [-0.3, -0.25) is 4.68 Å². The fraction of sp³-hybridized carbons (Fsp3) is 0.375. The summed E-state index contributed by atoms with van der Waals surface area (Å²) in [5, 5.41) is 4.32. The minimum absolute atomic E-state index is 0.363. The fourth-order valence-corrected chi connectivity index (χ4v) is 2.83. The molecule has 3 rings (SSSR count). The van der Waals surface area contributed by atoms with E-state index in [1.807, 2.05) is 7.05 Å². The number of carbonyl (C=O) groups excluding carboxylic acids is 1. The molecule has 0 unspecified atom stereocenters. The average molecular weight is 285 g/mol. The van der Waals surface area contributed by atoms with E-state index in [2.05, 4.69) is 41.2 Å². The number of fused-ring (bicyclic) bond motifs is 1. The Hall–Kier alpha value is -2.30. The van der Waals surface area contributed by atoms with Crippen LogP contribution in [0.2, 0.25) is 0 Å². The molecule has 0 N–H and O–H groups in total. The molecule has 21 heavy (non-hydrogen) atoms. The van der Waals surface area contributed by atoms with E-state index >= 15 is 0 Å².